The van der Waals surface area contributed by atoms with Crippen LogP contribution >= 0.6 is 0 Å². The van der Waals surface area contributed by atoms with Gasteiger partial charge in [0.15, 0.2) is 0 Å². The van der Waals surface area contributed by atoms with Crippen molar-refractivity contribution in [2.75, 3.05) is 12.4 Å². The summed E-state index contributed by atoms with van der Waals surface area (Å²) in [5, 5.41) is 12.4. The predicted molar refractivity (Wildman–Crippen MR) is 102 cm³/mol. The molecule has 1 aromatic rings. The number of nitrogens with one attached hydrogen (secondary N) is 1. The third-order valence-electron chi connectivity index (χ3n) is 4.93. The van der Waals surface area contributed by atoms with E-state index >= 15 is 0 Å². The summed E-state index contributed by atoms with van der Waals surface area (Å²) in [6, 6.07) is 10.4. The van der Waals surface area contributed by atoms with Gasteiger partial charge in [0.1, 0.15) is 11.6 Å². The minimum absolute atomic E-state index is 0.102. The normalized spacial score (nSPS) is 16.2. The predicted octanol–water partition coefficient (Wildman–Crippen LogP) is 4.59. The van der Waals surface area contributed by atoms with Gasteiger partial charge in [0.2, 0.25) is 0 Å². The molecule has 0 bridgehead atoms. The van der Waals surface area contributed by atoms with Crippen LogP contribution < -0.4 is 5.32 Å². The average molecular weight is 339 g/mol. The summed E-state index contributed by atoms with van der Waals surface area (Å²) >= 11 is 0. The first-order chi connectivity index (χ1) is 11.8. The zero-order valence-electron chi connectivity index (χ0n) is 15.8. The largest absolute Gasteiger partial charge is 0.360 e. The third-order valence-corrected chi connectivity index (χ3v) is 4.93. The second-order valence-electron chi connectivity index (χ2n) is 7.85. The van der Waals surface area contributed by atoms with Gasteiger partial charge < -0.3 is 10.2 Å². The Hall–Kier alpha value is -2.28. The highest BCUT2D eigenvalue weighted by atomic mass is 16.2. The minimum Gasteiger partial charge on any atom is -0.360 e. The van der Waals surface area contributed by atoms with Gasteiger partial charge in [-0.15, -0.1) is 0 Å². The van der Waals surface area contributed by atoms with E-state index in [1.165, 1.54) is 18.2 Å². The van der Waals surface area contributed by atoms with E-state index in [0.717, 1.165) is 31.4 Å². The number of hydrogen-bond donors (Lipinski definition) is 1. The summed E-state index contributed by atoms with van der Waals surface area (Å²) in [5.41, 5.74) is 2.36. The molecule has 1 saturated carbocycles. The highest BCUT2D eigenvalue weighted by molar-refractivity contribution is 5.97. The first kappa shape index (κ1) is 19.1. The van der Waals surface area contributed by atoms with E-state index in [2.05, 4.69) is 38.2 Å². The van der Waals surface area contributed by atoms with Crippen LogP contribution in [0.15, 0.2) is 36.0 Å². The van der Waals surface area contributed by atoms with Gasteiger partial charge >= 0.3 is 0 Å². The van der Waals surface area contributed by atoms with Crippen molar-refractivity contribution in [1.29, 1.82) is 5.26 Å². The fourth-order valence-electron chi connectivity index (χ4n) is 3.19. The van der Waals surface area contributed by atoms with Crippen LogP contribution in [-0.4, -0.2) is 23.9 Å². The van der Waals surface area contributed by atoms with Gasteiger partial charge in [-0.25, -0.2) is 0 Å². The highest BCUT2D eigenvalue weighted by Gasteiger charge is 2.24. The SMILES string of the molecule is CN(C(=O)/C(C#N)=C\Nc1ccc(C(C)(C)C)cc1)C1CCCCC1. The molecule has 0 aromatic heterocycles. The molecule has 0 aliphatic heterocycles. The lowest BCUT2D eigenvalue weighted by Gasteiger charge is -2.31. The number of hydrogen-bond acceptors (Lipinski definition) is 3. The van der Waals surface area contributed by atoms with Crippen molar-refractivity contribution in [3.63, 3.8) is 0 Å². The molecule has 1 N–H and O–H groups in total. The van der Waals surface area contributed by atoms with E-state index in [1.54, 1.807) is 4.90 Å². The van der Waals surface area contributed by atoms with Crippen molar-refractivity contribution in [3.8, 4) is 6.07 Å². The van der Waals surface area contributed by atoms with Gasteiger partial charge in [0, 0.05) is 25.0 Å². The molecule has 1 amide bonds. The van der Waals surface area contributed by atoms with Gasteiger partial charge in [-0.3, -0.25) is 4.79 Å². The molecule has 1 fully saturated rings. The molecule has 0 atom stereocenters. The van der Waals surface area contributed by atoms with Gasteiger partial charge in [-0.05, 0) is 36.0 Å². The van der Waals surface area contributed by atoms with E-state index in [0.29, 0.717) is 0 Å². The number of likely N-dealkylation sites (N-methyl/N-ethyl adjacent to an activating group) is 1. The maximum Gasteiger partial charge on any atom is 0.266 e. The topological polar surface area (TPSA) is 56.1 Å². The second kappa shape index (κ2) is 8.20. The van der Waals surface area contributed by atoms with Crippen LogP contribution in [-0.2, 0) is 10.2 Å². The van der Waals surface area contributed by atoms with Crippen LogP contribution in [0, 0.1) is 11.3 Å². The summed E-state index contributed by atoms with van der Waals surface area (Å²) in [5.74, 6) is -0.201. The fourth-order valence-corrected chi connectivity index (χ4v) is 3.19. The molecule has 4 nitrogen and oxygen atoms in total. The van der Waals surface area contributed by atoms with Crippen molar-refractivity contribution in [3.05, 3.63) is 41.6 Å². The van der Waals surface area contributed by atoms with Crippen LogP contribution in [0.1, 0.15) is 58.4 Å². The Morgan fingerprint density at radius 1 is 1.20 bits per heavy atom. The highest BCUT2D eigenvalue weighted by Crippen LogP contribution is 2.24. The average Bonchev–Trinajstić information content (AvgIpc) is 2.61. The third kappa shape index (κ3) is 5.09. The minimum atomic E-state index is -0.201. The molecule has 134 valence electrons. The lowest BCUT2D eigenvalue weighted by Crippen LogP contribution is -2.39. The lowest BCUT2D eigenvalue weighted by atomic mass is 9.87. The standard InChI is InChI=1S/C21H29N3O/c1-21(2,3)17-10-12-18(13-11-17)23-15-16(14-22)20(25)24(4)19-8-6-5-7-9-19/h10-13,15,19,23H,5-9H2,1-4H3/b16-15-. The Labute approximate surface area is 151 Å². The number of amides is 1. The van der Waals surface area contributed by atoms with Crippen LogP contribution in [0.2, 0.25) is 0 Å². The molecule has 1 aliphatic carbocycles. The van der Waals surface area contributed by atoms with Gasteiger partial charge in [0.25, 0.3) is 5.91 Å². The summed E-state index contributed by atoms with van der Waals surface area (Å²) < 4.78 is 0. The maximum absolute atomic E-state index is 12.6. The number of anilines is 1. The first-order valence-corrected chi connectivity index (χ1v) is 9.07. The lowest BCUT2D eigenvalue weighted by molar-refractivity contribution is -0.128. The maximum atomic E-state index is 12.6. The molecule has 0 saturated heterocycles. The van der Waals surface area contributed by atoms with E-state index in [9.17, 15) is 10.1 Å². The number of benzene rings is 1. The number of carbonyl (C=O) groups is 1. The molecule has 0 unspecified atom stereocenters. The van der Waals surface area contributed by atoms with Crippen molar-refractivity contribution in [2.45, 2.75) is 64.3 Å². The van der Waals surface area contributed by atoms with Gasteiger partial charge in [-0.2, -0.15) is 5.26 Å². The Bertz CT molecular complexity index is 656. The second-order valence-corrected chi connectivity index (χ2v) is 7.85. The van der Waals surface area contributed by atoms with Crippen LogP contribution in [0.4, 0.5) is 5.69 Å². The van der Waals surface area contributed by atoms with E-state index in [-0.39, 0.29) is 22.9 Å². The molecular formula is C21H29N3O. The molecule has 0 spiro atoms. The molecule has 25 heavy (non-hydrogen) atoms. The Morgan fingerprint density at radius 2 is 1.80 bits per heavy atom. The molecule has 0 radical (unpaired) electrons. The monoisotopic (exact) mass is 339 g/mol. The van der Waals surface area contributed by atoms with Crippen molar-refractivity contribution in [1.82, 2.24) is 4.90 Å². The summed E-state index contributed by atoms with van der Waals surface area (Å²) in [4.78, 5) is 14.3. The van der Waals surface area contributed by atoms with Crippen molar-refractivity contribution < 1.29 is 4.79 Å². The quantitative estimate of drug-likeness (QED) is 0.644. The Balaban J connectivity index is 2.04. The van der Waals surface area contributed by atoms with Gasteiger partial charge in [-0.1, -0.05) is 52.2 Å². The molecule has 1 aromatic carbocycles. The van der Waals surface area contributed by atoms with Crippen molar-refractivity contribution in [2.24, 2.45) is 0 Å². The fraction of sp³-hybridized carbons (Fsp3) is 0.524. The van der Waals surface area contributed by atoms with Gasteiger partial charge in [0.05, 0.1) is 0 Å². The molecule has 4 heteroatoms. The number of carbonyl (C=O) groups excluding carboxylic acids is 1. The van der Waals surface area contributed by atoms with E-state index in [4.69, 9.17) is 0 Å². The number of rotatable bonds is 4. The van der Waals surface area contributed by atoms with E-state index in [1.807, 2.05) is 25.2 Å². The Morgan fingerprint density at radius 3 is 2.32 bits per heavy atom. The Kier molecular flexibility index (Phi) is 6.25. The van der Waals surface area contributed by atoms with E-state index < -0.39 is 0 Å². The smallest absolute Gasteiger partial charge is 0.266 e. The van der Waals surface area contributed by atoms with Crippen molar-refractivity contribution >= 4 is 11.6 Å². The molecule has 2 rings (SSSR count). The molecule has 1 aliphatic rings. The summed E-state index contributed by atoms with van der Waals surface area (Å²) in [6.07, 6.45) is 7.14. The zero-order valence-corrected chi connectivity index (χ0v) is 15.8. The summed E-state index contributed by atoms with van der Waals surface area (Å²) in [6.45, 7) is 6.51. The first-order valence-electron chi connectivity index (χ1n) is 9.07. The van der Waals surface area contributed by atoms with Crippen LogP contribution in [0.25, 0.3) is 0 Å². The zero-order chi connectivity index (χ0) is 18.4. The van der Waals surface area contributed by atoms with Crippen LogP contribution in [0.5, 0.6) is 0 Å². The molecule has 0 heterocycles. The number of nitrogens with zero attached hydrogens (tertiary/aromatic N) is 2. The molecular weight excluding hydrogens is 310 g/mol. The number of nitriles is 1. The van der Waals surface area contributed by atoms with Crippen LogP contribution in [0.3, 0.4) is 0 Å². The summed E-state index contributed by atoms with van der Waals surface area (Å²) in [7, 11) is 1.81.